The van der Waals surface area contributed by atoms with E-state index in [9.17, 15) is 26.8 Å². The van der Waals surface area contributed by atoms with E-state index in [0.717, 1.165) is 0 Å². The third-order valence-corrected chi connectivity index (χ3v) is 4.71. The lowest BCUT2D eigenvalue weighted by Crippen LogP contribution is -2.99. The van der Waals surface area contributed by atoms with Gasteiger partial charge in [-0.2, -0.15) is 18.4 Å². The van der Waals surface area contributed by atoms with Crippen LogP contribution in [0.4, 0.5) is 18.9 Å². The van der Waals surface area contributed by atoms with Crippen molar-refractivity contribution in [2.75, 3.05) is 0 Å². The molecule has 0 aromatic heterocycles. The number of hydrogen-bond donors (Lipinski definition) is 2. The Morgan fingerprint density at radius 2 is 1.64 bits per heavy atom. The topological polar surface area (TPSA) is 81.9 Å². The SMILES string of the molecule is O=S(=O)(c1ccccc1)c1ccc(C(F)(F)F)cc1[NH+]([O-])O. The van der Waals surface area contributed by atoms with Crippen molar-refractivity contribution >= 4 is 15.5 Å². The molecule has 2 aromatic carbocycles. The second kappa shape index (κ2) is 5.69. The monoisotopic (exact) mass is 333 g/mol. The Morgan fingerprint density at radius 1 is 1.05 bits per heavy atom. The second-order valence-corrected chi connectivity index (χ2v) is 6.25. The van der Waals surface area contributed by atoms with E-state index in [2.05, 4.69) is 0 Å². The van der Waals surface area contributed by atoms with Crippen molar-refractivity contribution < 1.29 is 32.0 Å². The number of nitrogens with one attached hydrogen (secondary N) is 1. The Balaban J connectivity index is 2.66. The largest absolute Gasteiger partial charge is 0.595 e. The van der Waals surface area contributed by atoms with Gasteiger partial charge >= 0.3 is 6.18 Å². The first kappa shape index (κ1) is 16.4. The number of hydrogen-bond acceptors (Lipinski definition) is 4. The average molecular weight is 333 g/mol. The Kier molecular flexibility index (Phi) is 4.25. The minimum atomic E-state index is -4.76. The van der Waals surface area contributed by atoms with Gasteiger partial charge in [-0.3, -0.25) is 0 Å². The number of alkyl halides is 3. The molecule has 0 aliphatic heterocycles. The summed E-state index contributed by atoms with van der Waals surface area (Å²) in [6, 6.07) is 8.41. The van der Waals surface area contributed by atoms with Gasteiger partial charge in [-0.25, -0.2) is 13.6 Å². The van der Waals surface area contributed by atoms with E-state index in [1.54, 1.807) is 6.07 Å². The highest BCUT2D eigenvalue weighted by Crippen LogP contribution is 2.34. The highest BCUT2D eigenvalue weighted by molar-refractivity contribution is 7.91. The van der Waals surface area contributed by atoms with Gasteiger partial charge < -0.3 is 5.21 Å². The van der Waals surface area contributed by atoms with Crippen LogP contribution in [-0.4, -0.2) is 13.6 Å². The first-order valence-electron chi connectivity index (χ1n) is 5.88. The Labute approximate surface area is 123 Å². The Bertz CT molecular complexity index is 774. The molecule has 1 atom stereocenters. The molecule has 0 aliphatic carbocycles. The summed E-state index contributed by atoms with van der Waals surface area (Å²) < 4.78 is 62.7. The summed E-state index contributed by atoms with van der Waals surface area (Å²) in [5.41, 5.74) is -2.14. The molecular formula is C13H10F3NO4S. The van der Waals surface area contributed by atoms with Gasteiger partial charge in [-0.05, 0) is 24.3 Å². The van der Waals surface area contributed by atoms with Crippen molar-refractivity contribution in [3.63, 3.8) is 0 Å². The van der Waals surface area contributed by atoms with E-state index >= 15 is 0 Å². The van der Waals surface area contributed by atoms with E-state index in [1.807, 2.05) is 0 Å². The summed E-state index contributed by atoms with van der Waals surface area (Å²) in [4.78, 5) is -0.878. The molecule has 0 bridgehead atoms. The lowest BCUT2D eigenvalue weighted by atomic mass is 10.2. The molecule has 2 N–H and O–H groups in total. The molecule has 0 fully saturated rings. The van der Waals surface area contributed by atoms with Crippen LogP contribution in [0, 0.1) is 5.21 Å². The number of halogens is 3. The van der Waals surface area contributed by atoms with Crippen molar-refractivity contribution in [2.24, 2.45) is 0 Å². The summed E-state index contributed by atoms with van der Waals surface area (Å²) >= 11 is 0. The normalized spacial score (nSPS) is 13.9. The summed E-state index contributed by atoms with van der Waals surface area (Å²) in [5.74, 6) is 0. The first-order chi connectivity index (χ1) is 10.1. The lowest BCUT2D eigenvalue weighted by molar-refractivity contribution is -0.992. The van der Waals surface area contributed by atoms with Crippen molar-refractivity contribution in [3.05, 3.63) is 59.3 Å². The zero-order valence-corrected chi connectivity index (χ0v) is 11.6. The average Bonchev–Trinajstić information content (AvgIpc) is 2.46. The standard InChI is InChI=1S/C13H10F3NO4S/c14-13(15,16)9-6-7-12(11(8-9)17(18)19)22(20,21)10-4-2-1-3-5-10/h1-8,17-18H. The zero-order valence-electron chi connectivity index (χ0n) is 10.8. The smallest absolute Gasteiger partial charge is 0.416 e. The predicted octanol–water partition coefficient (Wildman–Crippen LogP) is 1.94. The molecule has 5 nitrogen and oxygen atoms in total. The molecule has 2 rings (SSSR count). The van der Waals surface area contributed by atoms with Gasteiger partial charge in [0.2, 0.25) is 9.84 Å². The maximum Gasteiger partial charge on any atom is 0.416 e. The molecular weight excluding hydrogens is 323 g/mol. The molecule has 0 spiro atoms. The number of benzene rings is 2. The van der Waals surface area contributed by atoms with Crippen LogP contribution in [0.15, 0.2) is 58.3 Å². The third kappa shape index (κ3) is 3.12. The van der Waals surface area contributed by atoms with Crippen LogP contribution in [-0.2, 0) is 16.0 Å². The van der Waals surface area contributed by atoms with Crippen molar-refractivity contribution in [1.82, 2.24) is 0 Å². The van der Waals surface area contributed by atoms with Crippen LogP contribution in [0.5, 0.6) is 0 Å². The fourth-order valence-electron chi connectivity index (χ4n) is 1.83. The first-order valence-corrected chi connectivity index (χ1v) is 7.37. The summed E-state index contributed by atoms with van der Waals surface area (Å²) in [7, 11) is -4.23. The molecule has 0 saturated heterocycles. The number of sulfone groups is 1. The summed E-state index contributed by atoms with van der Waals surface area (Å²) in [6.45, 7) is 0. The zero-order chi connectivity index (χ0) is 16.5. The number of quaternary nitrogens is 1. The molecule has 1 unspecified atom stereocenters. The molecule has 0 radical (unpaired) electrons. The molecule has 118 valence electrons. The maximum atomic E-state index is 12.6. The van der Waals surface area contributed by atoms with Crippen LogP contribution in [0.25, 0.3) is 0 Å². The molecule has 0 heterocycles. The van der Waals surface area contributed by atoms with Crippen molar-refractivity contribution in [2.45, 2.75) is 16.0 Å². The van der Waals surface area contributed by atoms with Gasteiger partial charge in [0.15, 0.2) is 5.69 Å². The summed E-state index contributed by atoms with van der Waals surface area (Å²) in [6.07, 6.45) is -4.76. The minimum Gasteiger partial charge on any atom is -0.595 e. The van der Waals surface area contributed by atoms with Gasteiger partial charge in [0.05, 0.1) is 10.5 Å². The van der Waals surface area contributed by atoms with Crippen LogP contribution < -0.4 is 5.23 Å². The minimum absolute atomic E-state index is 0.197. The van der Waals surface area contributed by atoms with Gasteiger partial charge in [0, 0.05) is 6.07 Å². The Hall–Kier alpha value is -1.94. The quantitative estimate of drug-likeness (QED) is 0.841. The molecule has 0 aliphatic rings. The fraction of sp³-hybridized carbons (Fsp3) is 0.0769. The van der Waals surface area contributed by atoms with E-state index in [4.69, 9.17) is 5.21 Å². The lowest BCUT2D eigenvalue weighted by Gasteiger charge is -2.17. The molecule has 0 amide bonds. The fourth-order valence-corrected chi connectivity index (χ4v) is 3.29. The summed E-state index contributed by atoms with van der Waals surface area (Å²) in [5, 5.41) is 18.4. The van der Waals surface area contributed by atoms with E-state index in [-0.39, 0.29) is 4.90 Å². The van der Waals surface area contributed by atoms with Gasteiger partial charge in [0.1, 0.15) is 4.90 Å². The molecule has 9 heteroatoms. The highest BCUT2D eigenvalue weighted by atomic mass is 32.2. The van der Waals surface area contributed by atoms with Crippen LogP contribution in [0.3, 0.4) is 0 Å². The molecule has 2 aromatic rings. The van der Waals surface area contributed by atoms with Gasteiger partial charge in [0.25, 0.3) is 0 Å². The van der Waals surface area contributed by atoms with E-state index in [1.165, 1.54) is 24.3 Å². The van der Waals surface area contributed by atoms with Crippen molar-refractivity contribution in [3.8, 4) is 0 Å². The van der Waals surface area contributed by atoms with Crippen molar-refractivity contribution in [1.29, 1.82) is 0 Å². The second-order valence-electron chi connectivity index (χ2n) is 4.33. The maximum absolute atomic E-state index is 12.6. The molecule has 22 heavy (non-hydrogen) atoms. The van der Waals surface area contributed by atoms with Crippen LogP contribution in [0.1, 0.15) is 5.56 Å². The number of rotatable bonds is 3. The van der Waals surface area contributed by atoms with Gasteiger partial charge in [-0.1, -0.05) is 18.2 Å². The third-order valence-electron chi connectivity index (χ3n) is 2.88. The molecule has 0 saturated carbocycles. The van der Waals surface area contributed by atoms with E-state index < -0.39 is 37.4 Å². The van der Waals surface area contributed by atoms with E-state index in [0.29, 0.717) is 18.2 Å². The van der Waals surface area contributed by atoms with Gasteiger partial charge in [-0.15, -0.1) is 0 Å². The Morgan fingerprint density at radius 3 is 2.14 bits per heavy atom. The van der Waals surface area contributed by atoms with Crippen LogP contribution >= 0.6 is 0 Å². The predicted molar refractivity (Wildman–Crippen MR) is 69.1 cm³/mol. The highest BCUT2D eigenvalue weighted by Gasteiger charge is 2.34. The van der Waals surface area contributed by atoms with Crippen LogP contribution in [0.2, 0.25) is 0 Å².